The fourth-order valence-corrected chi connectivity index (χ4v) is 2.48. The van der Waals surface area contributed by atoms with Gasteiger partial charge in [-0.1, -0.05) is 0 Å². The lowest BCUT2D eigenvalue weighted by molar-refractivity contribution is 0.224. The van der Waals surface area contributed by atoms with Gasteiger partial charge in [0.2, 0.25) is 0 Å². The summed E-state index contributed by atoms with van der Waals surface area (Å²) in [6, 6.07) is -0.0958. The smallest absolute Gasteiger partial charge is 0.323 e. The molecular weight excluding hydrogens is 224 g/mol. The molecule has 2 heterocycles. The third-order valence-electron chi connectivity index (χ3n) is 2.64. The number of carbonyl (C=O) groups excluding carboxylic acids is 1. The molecule has 0 atom stereocenters. The molecule has 0 aromatic carbocycles. The van der Waals surface area contributed by atoms with Gasteiger partial charge in [-0.3, -0.25) is 5.32 Å². The predicted octanol–water partition coefficient (Wildman–Crippen LogP) is 1.27. The SMILES string of the molecule is CCN(C)C(=O)Nc1nc2c(s1)CNCC2. The third-order valence-corrected chi connectivity index (χ3v) is 3.65. The molecule has 0 saturated heterocycles. The molecule has 1 aliphatic rings. The molecule has 2 amide bonds. The molecule has 88 valence electrons. The minimum Gasteiger partial charge on any atom is -0.328 e. The van der Waals surface area contributed by atoms with Crippen molar-refractivity contribution >= 4 is 22.5 Å². The second kappa shape index (κ2) is 4.80. The van der Waals surface area contributed by atoms with Crippen molar-refractivity contribution in [2.45, 2.75) is 19.9 Å². The van der Waals surface area contributed by atoms with Gasteiger partial charge in [0.05, 0.1) is 5.69 Å². The average molecular weight is 240 g/mol. The van der Waals surface area contributed by atoms with E-state index in [9.17, 15) is 4.79 Å². The van der Waals surface area contributed by atoms with E-state index in [1.807, 2.05) is 6.92 Å². The number of nitrogens with one attached hydrogen (secondary N) is 2. The number of aromatic nitrogens is 1. The van der Waals surface area contributed by atoms with Crippen molar-refractivity contribution in [3.63, 3.8) is 0 Å². The van der Waals surface area contributed by atoms with Crippen LogP contribution in [-0.4, -0.2) is 36.1 Å². The van der Waals surface area contributed by atoms with E-state index >= 15 is 0 Å². The van der Waals surface area contributed by atoms with Crippen molar-refractivity contribution in [2.24, 2.45) is 0 Å². The molecular formula is C10H16N4OS. The van der Waals surface area contributed by atoms with E-state index in [1.54, 1.807) is 23.3 Å². The van der Waals surface area contributed by atoms with Gasteiger partial charge in [-0.2, -0.15) is 0 Å². The quantitative estimate of drug-likeness (QED) is 0.818. The summed E-state index contributed by atoms with van der Waals surface area (Å²) < 4.78 is 0. The second-order valence-corrected chi connectivity index (χ2v) is 4.84. The molecule has 5 nitrogen and oxygen atoms in total. The summed E-state index contributed by atoms with van der Waals surface area (Å²) in [5.41, 5.74) is 1.12. The number of hydrogen-bond acceptors (Lipinski definition) is 4. The molecule has 0 bridgehead atoms. The molecule has 16 heavy (non-hydrogen) atoms. The van der Waals surface area contributed by atoms with Crippen LogP contribution >= 0.6 is 11.3 Å². The summed E-state index contributed by atoms with van der Waals surface area (Å²) >= 11 is 1.56. The van der Waals surface area contributed by atoms with Crippen LogP contribution in [0.4, 0.5) is 9.93 Å². The van der Waals surface area contributed by atoms with Gasteiger partial charge in [-0.05, 0) is 6.92 Å². The first kappa shape index (κ1) is 11.3. The van der Waals surface area contributed by atoms with Crippen molar-refractivity contribution < 1.29 is 4.79 Å². The molecule has 6 heteroatoms. The van der Waals surface area contributed by atoms with E-state index < -0.39 is 0 Å². The van der Waals surface area contributed by atoms with Crippen LogP contribution in [0.5, 0.6) is 0 Å². The number of thiazole rings is 1. The van der Waals surface area contributed by atoms with E-state index in [1.165, 1.54) is 4.88 Å². The van der Waals surface area contributed by atoms with Crippen molar-refractivity contribution in [1.29, 1.82) is 0 Å². The molecule has 0 spiro atoms. The lowest BCUT2D eigenvalue weighted by atomic mass is 10.2. The highest BCUT2D eigenvalue weighted by molar-refractivity contribution is 7.15. The van der Waals surface area contributed by atoms with Gasteiger partial charge in [0.15, 0.2) is 5.13 Å². The highest BCUT2D eigenvalue weighted by atomic mass is 32.1. The fraction of sp³-hybridized carbons (Fsp3) is 0.600. The molecule has 0 fully saturated rings. The van der Waals surface area contributed by atoms with E-state index in [0.717, 1.165) is 25.2 Å². The normalized spacial score (nSPS) is 14.4. The van der Waals surface area contributed by atoms with Crippen LogP contribution in [0.3, 0.4) is 0 Å². The molecule has 0 saturated carbocycles. The third kappa shape index (κ3) is 2.33. The van der Waals surface area contributed by atoms with Crippen LogP contribution < -0.4 is 10.6 Å². The number of carbonyl (C=O) groups is 1. The van der Waals surface area contributed by atoms with Crippen molar-refractivity contribution in [3.8, 4) is 0 Å². The number of anilines is 1. The Morgan fingerprint density at radius 3 is 3.19 bits per heavy atom. The van der Waals surface area contributed by atoms with Gasteiger partial charge in [0.25, 0.3) is 0 Å². The van der Waals surface area contributed by atoms with E-state index in [2.05, 4.69) is 15.6 Å². The zero-order valence-corrected chi connectivity index (χ0v) is 10.4. The maximum absolute atomic E-state index is 11.6. The second-order valence-electron chi connectivity index (χ2n) is 3.76. The minimum absolute atomic E-state index is 0.0958. The van der Waals surface area contributed by atoms with Crippen LogP contribution in [0.25, 0.3) is 0 Å². The van der Waals surface area contributed by atoms with Gasteiger partial charge in [-0.25, -0.2) is 9.78 Å². The zero-order chi connectivity index (χ0) is 11.5. The minimum atomic E-state index is -0.0958. The molecule has 1 aromatic heterocycles. The Bertz CT molecular complexity index is 367. The largest absolute Gasteiger partial charge is 0.328 e. The number of fused-ring (bicyclic) bond motifs is 1. The Hall–Kier alpha value is -1.14. The molecule has 1 aromatic rings. The average Bonchev–Trinajstić information content (AvgIpc) is 2.69. The zero-order valence-electron chi connectivity index (χ0n) is 9.54. The molecule has 2 N–H and O–H groups in total. The van der Waals surface area contributed by atoms with E-state index in [0.29, 0.717) is 11.7 Å². The van der Waals surface area contributed by atoms with Crippen LogP contribution in [0.1, 0.15) is 17.5 Å². The Balaban J connectivity index is 2.05. The fourth-order valence-electron chi connectivity index (χ4n) is 1.51. The Labute approximate surface area is 98.9 Å². The number of hydrogen-bond donors (Lipinski definition) is 2. The molecule has 0 aliphatic carbocycles. The van der Waals surface area contributed by atoms with Crippen molar-refractivity contribution in [2.75, 3.05) is 25.5 Å². The lowest BCUT2D eigenvalue weighted by Crippen LogP contribution is -2.30. The standard InChI is InChI=1S/C10H16N4OS/c1-3-14(2)10(15)13-9-12-7-4-5-11-6-8(7)16-9/h11H,3-6H2,1-2H3,(H,12,13,15). The Morgan fingerprint density at radius 2 is 2.50 bits per heavy atom. The highest BCUT2D eigenvalue weighted by Gasteiger charge is 2.16. The van der Waals surface area contributed by atoms with E-state index in [-0.39, 0.29) is 6.03 Å². The number of rotatable bonds is 2. The Kier molecular flexibility index (Phi) is 3.40. The van der Waals surface area contributed by atoms with Gasteiger partial charge in [-0.15, -0.1) is 11.3 Å². The van der Waals surface area contributed by atoms with Gasteiger partial charge in [0.1, 0.15) is 0 Å². The first-order valence-corrected chi connectivity index (χ1v) is 6.23. The maximum Gasteiger partial charge on any atom is 0.323 e. The molecule has 1 aliphatic heterocycles. The summed E-state index contributed by atoms with van der Waals surface area (Å²) in [5, 5.41) is 6.81. The summed E-state index contributed by atoms with van der Waals surface area (Å²) in [4.78, 5) is 18.9. The Morgan fingerprint density at radius 1 is 1.69 bits per heavy atom. The van der Waals surface area contributed by atoms with Crippen molar-refractivity contribution in [1.82, 2.24) is 15.2 Å². The van der Waals surface area contributed by atoms with Gasteiger partial charge in [0, 0.05) is 38.0 Å². The van der Waals surface area contributed by atoms with Crippen LogP contribution in [0, 0.1) is 0 Å². The number of nitrogens with zero attached hydrogens (tertiary/aromatic N) is 2. The number of amides is 2. The molecule has 0 radical (unpaired) electrons. The topological polar surface area (TPSA) is 57.3 Å². The van der Waals surface area contributed by atoms with Crippen LogP contribution in [0.2, 0.25) is 0 Å². The van der Waals surface area contributed by atoms with E-state index in [4.69, 9.17) is 0 Å². The molecule has 2 rings (SSSR count). The van der Waals surface area contributed by atoms with Gasteiger partial charge >= 0.3 is 6.03 Å². The van der Waals surface area contributed by atoms with Gasteiger partial charge < -0.3 is 10.2 Å². The summed E-state index contributed by atoms with van der Waals surface area (Å²) in [6.45, 7) is 4.47. The van der Waals surface area contributed by atoms with Crippen LogP contribution in [-0.2, 0) is 13.0 Å². The molecule has 0 unspecified atom stereocenters. The summed E-state index contributed by atoms with van der Waals surface area (Å²) in [6.07, 6.45) is 0.950. The first-order chi connectivity index (χ1) is 7.70. The number of urea groups is 1. The maximum atomic E-state index is 11.6. The highest BCUT2D eigenvalue weighted by Crippen LogP contribution is 2.25. The summed E-state index contributed by atoms with van der Waals surface area (Å²) in [7, 11) is 1.77. The monoisotopic (exact) mass is 240 g/mol. The summed E-state index contributed by atoms with van der Waals surface area (Å²) in [5.74, 6) is 0. The van der Waals surface area contributed by atoms with Crippen LogP contribution in [0.15, 0.2) is 0 Å². The predicted molar refractivity (Wildman–Crippen MR) is 64.8 cm³/mol. The van der Waals surface area contributed by atoms with Crippen molar-refractivity contribution in [3.05, 3.63) is 10.6 Å². The lowest BCUT2D eigenvalue weighted by Gasteiger charge is -2.13. The first-order valence-electron chi connectivity index (χ1n) is 5.42.